The van der Waals surface area contributed by atoms with Crippen molar-refractivity contribution in [2.75, 3.05) is 13.7 Å². The zero-order chi connectivity index (χ0) is 14.6. The van der Waals surface area contributed by atoms with Crippen LogP contribution in [0, 0.1) is 19.8 Å². The van der Waals surface area contributed by atoms with Crippen LogP contribution in [-0.4, -0.2) is 24.8 Å². The van der Waals surface area contributed by atoms with Crippen LogP contribution in [0.5, 0.6) is 5.75 Å². The normalized spacial score (nSPS) is 14.5. The summed E-state index contributed by atoms with van der Waals surface area (Å²) in [6.07, 6.45) is -0.562. The van der Waals surface area contributed by atoms with E-state index in [1.54, 1.807) is 7.11 Å². The fourth-order valence-electron chi connectivity index (χ4n) is 2.63. The van der Waals surface area contributed by atoms with E-state index in [9.17, 15) is 5.11 Å². The minimum Gasteiger partial charge on any atom is -0.496 e. The van der Waals surface area contributed by atoms with Crippen molar-refractivity contribution in [2.45, 2.75) is 46.8 Å². The fourth-order valence-corrected chi connectivity index (χ4v) is 2.63. The molecule has 3 heteroatoms. The zero-order valence-corrected chi connectivity index (χ0v) is 12.9. The van der Waals surface area contributed by atoms with E-state index in [1.807, 2.05) is 19.9 Å². The highest BCUT2D eigenvalue weighted by Gasteiger charge is 2.26. The maximum atomic E-state index is 10.7. The van der Waals surface area contributed by atoms with Gasteiger partial charge in [-0.05, 0) is 37.9 Å². The van der Waals surface area contributed by atoms with Gasteiger partial charge in [-0.3, -0.25) is 0 Å². The molecule has 0 bridgehead atoms. The van der Waals surface area contributed by atoms with Crippen LogP contribution in [0.4, 0.5) is 0 Å². The summed E-state index contributed by atoms with van der Waals surface area (Å²) < 4.78 is 5.47. The van der Waals surface area contributed by atoms with Gasteiger partial charge in [-0.1, -0.05) is 32.4 Å². The molecular weight excluding hydrogens is 238 g/mol. The Morgan fingerprint density at radius 2 is 1.89 bits per heavy atom. The highest BCUT2D eigenvalue weighted by molar-refractivity contribution is 5.45. The van der Waals surface area contributed by atoms with Crippen LogP contribution in [0.25, 0.3) is 0 Å². The molecule has 0 aliphatic rings. The second-order valence-corrected chi connectivity index (χ2v) is 5.48. The van der Waals surface area contributed by atoms with Crippen molar-refractivity contribution in [3.05, 3.63) is 28.8 Å². The Labute approximate surface area is 117 Å². The lowest BCUT2D eigenvalue weighted by atomic mass is 9.91. The van der Waals surface area contributed by atoms with Crippen molar-refractivity contribution in [3.8, 4) is 5.75 Å². The van der Waals surface area contributed by atoms with Crippen LogP contribution < -0.4 is 10.1 Å². The van der Waals surface area contributed by atoms with Gasteiger partial charge in [-0.25, -0.2) is 0 Å². The molecule has 0 radical (unpaired) electrons. The Hall–Kier alpha value is -1.06. The van der Waals surface area contributed by atoms with Gasteiger partial charge in [-0.15, -0.1) is 0 Å². The van der Waals surface area contributed by atoms with Crippen molar-refractivity contribution >= 4 is 0 Å². The van der Waals surface area contributed by atoms with Crippen molar-refractivity contribution in [1.82, 2.24) is 5.32 Å². The van der Waals surface area contributed by atoms with Gasteiger partial charge in [0.25, 0.3) is 0 Å². The Morgan fingerprint density at radius 1 is 1.26 bits per heavy atom. The van der Waals surface area contributed by atoms with E-state index in [-0.39, 0.29) is 6.04 Å². The van der Waals surface area contributed by atoms with E-state index in [1.165, 1.54) is 0 Å². The summed E-state index contributed by atoms with van der Waals surface area (Å²) in [6.45, 7) is 11.2. The van der Waals surface area contributed by atoms with Gasteiger partial charge in [-0.2, -0.15) is 0 Å². The number of aryl methyl sites for hydroxylation is 2. The Morgan fingerprint density at radius 3 is 2.37 bits per heavy atom. The molecule has 0 amide bonds. The molecule has 0 saturated carbocycles. The molecule has 19 heavy (non-hydrogen) atoms. The first-order valence-corrected chi connectivity index (χ1v) is 6.98. The van der Waals surface area contributed by atoms with Crippen LogP contribution >= 0.6 is 0 Å². The second-order valence-electron chi connectivity index (χ2n) is 5.48. The highest BCUT2D eigenvalue weighted by Crippen LogP contribution is 2.33. The lowest BCUT2D eigenvalue weighted by molar-refractivity contribution is 0.103. The first-order chi connectivity index (χ1) is 8.92. The van der Waals surface area contributed by atoms with E-state index in [0.29, 0.717) is 5.92 Å². The predicted octanol–water partition coefficient (Wildman–Crippen LogP) is 2.98. The number of nitrogens with one attached hydrogen (secondary N) is 1. The maximum Gasteiger partial charge on any atom is 0.127 e. The number of methoxy groups -OCH3 is 1. The van der Waals surface area contributed by atoms with E-state index >= 15 is 0 Å². The lowest BCUT2D eigenvalue weighted by Crippen LogP contribution is -2.39. The monoisotopic (exact) mass is 265 g/mol. The summed E-state index contributed by atoms with van der Waals surface area (Å²) in [5.74, 6) is 1.14. The van der Waals surface area contributed by atoms with Crippen LogP contribution in [0.1, 0.15) is 43.6 Å². The number of aliphatic hydroxyl groups is 1. The molecule has 2 atom stereocenters. The third-order valence-corrected chi connectivity index (χ3v) is 3.47. The van der Waals surface area contributed by atoms with Crippen LogP contribution in [0.15, 0.2) is 12.1 Å². The van der Waals surface area contributed by atoms with Gasteiger partial charge in [0.05, 0.1) is 13.2 Å². The molecule has 0 aromatic heterocycles. The van der Waals surface area contributed by atoms with Crippen molar-refractivity contribution < 1.29 is 9.84 Å². The number of rotatable bonds is 6. The number of aliphatic hydroxyl groups excluding tert-OH is 1. The third kappa shape index (κ3) is 3.71. The summed E-state index contributed by atoms with van der Waals surface area (Å²) in [6, 6.07) is 4.12. The molecule has 108 valence electrons. The van der Waals surface area contributed by atoms with Gasteiger partial charge in [0.1, 0.15) is 5.75 Å². The maximum absolute atomic E-state index is 10.7. The molecule has 3 nitrogen and oxygen atoms in total. The average Bonchev–Trinajstić information content (AvgIpc) is 2.33. The van der Waals surface area contributed by atoms with Gasteiger partial charge >= 0.3 is 0 Å². The molecule has 0 fully saturated rings. The first-order valence-electron chi connectivity index (χ1n) is 6.98. The molecule has 0 heterocycles. The van der Waals surface area contributed by atoms with E-state index < -0.39 is 6.10 Å². The van der Waals surface area contributed by atoms with Crippen molar-refractivity contribution in [1.29, 1.82) is 0 Å². The minimum absolute atomic E-state index is 0.0279. The standard InChI is InChI=1S/C16H27NO2/c1-7-17-14(10(2)3)15(18)13-9-11(4)8-12(5)16(13)19-6/h8-10,14-15,17-18H,7H2,1-6H3. The number of ether oxygens (including phenoxy) is 1. The summed E-state index contributed by atoms with van der Waals surface area (Å²) >= 11 is 0. The molecule has 1 aromatic rings. The molecule has 1 aromatic carbocycles. The largest absolute Gasteiger partial charge is 0.496 e. The molecule has 1 rings (SSSR count). The van der Waals surface area contributed by atoms with Crippen LogP contribution in [-0.2, 0) is 0 Å². The minimum atomic E-state index is -0.562. The Kier molecular flexibility index (Phi) is 5.83. The van der Waals surface area contributed by atoms with E-state index in [4.69, 9.17) is 4.74 Å². The summed E-state index contributed by atoms with van der Waals surface area (Å²) in [7, 11) is 1.66. The smallest absolute Gasteiger partial charge is 0.127 e. The zero-order valence-electron chi connectivity index (χ0n) is 12.9. The molecule has 0 saturated heterocycles. The first kappa shape index (κ1) is 16.0. The quantitative estimate of drug-likeness (QED) is 0.831. The summed E-state index contributed by atoms with van der Waals surface area (Å²) in [5.41, 5.74) is 3.08. The van der Waals surface area contributed by atoms with Gasteiger partial charge < -0.3 is 15.2 Å². The molecule has 0 aliphatic heterocycles. The highest BCUT2D eigenvalue weighted by atomic mass is 16.5. The number of likely N-dealkylation sites (N-methyl/N-ethyl adjacent to an activating group) is 1. The van der Waals surface area contributed by atoms with Crippen molar-refractivity contribution in [3.63, 3.8) is 0 Å². The predicted molar refractivity (Wildman–Crippen MR) is 79.7 cm³/mol. The topological polar surface area (TPSA) is 41.5 Å². The second kappa shape index (κ2) is 6.92. The third-order valence-electron chi connectivity index (χ3n) is 3.47. The van der Waals surface area contributed by atoms with Gasteiger partial charge in [0.15, 0.2) is 0 Å². The Balaban J connectivity index is 3.19. The number of hydrogen-bond acceptors (Lipinski definition) is 3. The van der Waals surface area contributed by atoms with E-state index in [0.717, 1.165) is 29.0 Å². The van der Waals surface area contributed by atoms with Crippen LogP contribution in [0.2, 0.25) is 0 Å². The molecular formula is C16H27NO2. The van der Waals surface area contributed by atoms with E-state index in [2.05, 4.69) is 32.2 Å². The van der Waals surface area contributed by atoms with Crippen LogP contribution in [0.3, 0.4) is 0 Å². The molecule has 0 spiro atoms. The van der Waals surface area contributed by atoms with Crippen molar-refractivity contribution in [2.24, 2.45) is 5.92 Å². The molecule has 2 unspecified atom stereocenters. The Bertz CT molecular complexity index is 415. The molecule has 0 aliphatic carbocycles. The number of hydrogen-bond donors (Lipinski definition) is 2. The lowest BCUT2D eigenvalue weighted by Gasteiger charge is -2.29. The summed E-state index contributed by atoms with van der Waals surface area (Å²) in [5, 5.41) is 14.1. The average molecular weight is 265 g/mol. The van der Waals surface area contributed by atoms with Gasteiger partial charge in [0, 0.05) is 11.6 Å². The fraction of sp³-hybridized carbons (Fsp3) is 0.625. The number of benzene rings is 1. The van der Waals surface area contributed by atoms with Gasteiger partial charge in [0.2, 0.25) is 0 Å². The molecule has 2 N–H and O–H groups in total. The summed E-state index contributed by atoms with van der Waals surface area (Å²) in [4.78, 5) is 0. The SMILES string of the molecule is CCNC(C(C)C)C(O)c1cc(C)cc(C)c1OC.